The Kier molecular flexibility index (Phi) is 7.18. The maximum atomic E-state index is 12.9. The van der Waals surface area contributed by atoms with E-state index >= 15 is 0 Å². The second-order valence-corrected chi connectivity index (χ2v) is 5.83. The number of ether oxygens (including phenoxy) is 2. The standard InChI is InChI=1S/C19H24FNO4/c1-21(19(12-22)14-3-7-17(24-2)8-4-14)11-16(23)13-25-18-9-5-15(20)6-10-18/h3-10,16,19,22-23H,11-13H2,1-2H3/t16-,19+/m1/s1. The molecule has 5 nitrogen and oxygen atoms in total. The molecule has 0 aliphatic heterocycles. The fourth-order valence-corrected chi connectivity index (χ4v) is 2.56. The van der Waals surface area contributed by atoms with Gasteiger partial charge in [-0.05, 0) is 49.0 Å². The van der Waals surface area contributed by atoms with Crippen LogP contribution in [0.1, 0.15) is 11.6 Å². The smallest absolute Gasteiger partial charge is 0.123 e. The summed E-state index contributed by atoms with van der Waals surface area (Å²) in [5, 5.41) is 19.9. The van der Waals surface area contributed by atoms with E-state index < -0.39 is 6.10 Å². The van der Waals surface area contributed by atoms with E-state index in [0.29, 0.717) is 12.3 Å². The number of likely N-dealkylation sites (N-methyl/N-ethyl adjacent to an activating group) is 1. The van der Waals surface area contributed by atoms with Crippen molar-refractivity contribution >= 4 is 0 Å². The zero-order valence-corrected chi connectivity index (χ0v) is 14.4. The van der Waals surface area contributed by atoms with Gasteiger partial charge in [-0.1, -0.05) is 12.1 Å². The lowest BCUT2D eigenvalue weighted by atomic mass is 10.1. The highest BCUT2D eigenvalue weighted by atomic mass is 19.1. The Bertz CT molecular complexity index is 633. The van der Waals surface area contributed by atoms with Gasteiger partial charge >= 0.3 is 0 Å². The van der Waals surface area contributed by atoms with Crippen molar-refractivity contribution in [3.8, 4) is 11.5 Å². The third-order valence-corrected chi connectivity index (χ3v) is 3.96. The highest BCUT2D eigenvalue weighted by molar-refractivity contribution is 5.29. The van der Waals surface area contributed by atoms with Gasteiger partial charge in [0.15, 0.2) is 0 Å². The molecule has 0 aromatic heterocycles. The lowest BCUT2D eigenvalue weighted by Gasteiger charge is -2.28. The number of hydrogen-bond acceptors (Lipinski definition) is 5. The monoisotopic (exact) mass is 349 g/mol. The third-order valence-electron chi connectivity index (χ3n) is 3.96. The maximum absolute atomic E-state index is 12.9. The van der Waals surface area contributed by atoms with Crippen LogP contribution in [0.25, 0.3) is 0 Å². The molecule has 0 amide bonds. The summed E-state index contributed by atoms with van der Waals surface area (Å²) < 4.78 is 23.4. The Morgan fingerprint density at radius 3 is 2.20 bits per heavy atom. The van der Waals surface area contributed by atoms with Gasteiger partial charge in [0, 0.05) is 6.54 Å². The fourth-order valence-electron chi connectivity index (χ4n) is 2.56. The Labute approximate surface area is 147 Å². The van der Waals surface area contributed by atoms with E-state index in [4.69, 9.17) is 9.47 Å². The first-order valence-electron chi connectivity index (χ1n) is 8.05. The molecule has 0 aliphatic carbocycles. The molecule has 6 heteroatoms. The van der Waals surface area contributed by atoms with Crippen LogP contribution in [0.3, 0.4) is 0 Å². The molecule has 2 atom stereocenters. The summed E-state index contributed by atoms with van der Waals surface area (Å²) in [5.41, 5.74) is 0.928. The lowest BCUT2D eigenvalue weighted by Crippen LogP contribution is -2.36. The summed E-state index contributed by atoms with van der Waals surface area (Å²) in [7, 11) is 3.42. The topological polar surface area (TPSA) is 62.2 Å². The van der Waals surface area contributed by atoms with Crippen molar-refractivity contribution in [1.82, 2.24) is 4.90 Å². The van der Waals surface area contributed by atoms with Gasteiger partial charge in [0.05, 0.1) is 19.8 Å². The first kappa shape index (κ1) is 19.2. The van der Waals surface area contributed by atoms with Crippen molar-refractivity contribution in [1.29, 1.82) is 0 Å². The van der Waals surface area contributed by atoms with Crippen molar-refractivity contribution < 1.29 is 24.1 Å². The predicted molar refractivity (Wildman–Crippen MR) is 93.4 cm³/mol. The van der Waals surface area contributed by atoms with Crippen LogP contribution in [0.15, 0.2) is 48.5 Å². The second kappa shape index (κ2) is 9.36. The van der Waals surface area contributed by atoms with E-state index in [1.165, 1.54) is 24.3 Å². The predicted octanol–water partition coefficient (Wildman–Crippen LogP) is 2.24. The Hall–Kier alpha value is -2.15. The molecule has 0 saturated heterocycles. The summed E-state index contributed by atoms with van der Waals surface area (Å²) in [6, 6.07) is 12.8. The quantitative estimate of drug-likeness (QED) is 0.727. The molecule has 136 valence electrons. The molecule has 0 bridgehead atoms. The van der Waals surface area contributed by atoms with E-state index in [-0.39, 0.29) is 25.1 Å². The molecule has 0 unspecified atom stereocenters. The van der Waals surface area contributed by atoms with Crippen LogP contribution in [0, 0.1) is 5.82 Å². The van der Waals surface area contributed by atoms with Gasteiger partial charge in [-0.3, -0.25) is 4.90 Å². The SMILES string of the molecule is COc1ccc([C@H](CO)N(C)C[C@@H](O)COc2ccc(F)cc2)cc1. The van der Waals surface area contributed by atoms with Crippen LogP contribution in [0.4, 0.5) is 4.39 Å². The van der Waals surface area contributed by atoms with Crippen LogP contribution in [-0.2, 0) is 0 Å². The minimum Gasteiger partial charge on any atom is -0.497 e. The van der Waals surface area contributed by atoms with Crippen molar-refractivity contribution in [3.05, 3.63) is 59.9 Å². The van der Waals surface area contributed by atoms with Gasteiger partial charge in [-0.15, -0.1) is 0 Å². The maximum Gasteiger partial charge on any atom is 0.123 e. The van der Waals surface area contributed by atoms with E-state index in [1.54, 1.807) is 7.11 Å². The minimum atomic E-state index is -0.748. The van der Waals surface area contributed by atoms with E-state index in [9.17, 15) is 14.6 Å². The Morgan fingerprint density at radius 1 is 1.04 bits per heavy atom. The van der Waals surface area contributed by atoms with E-state index in [0.717, 1.165) is 11.3 Å². The number of rotatable bonds is 9. The minimum absolute atomic E-state index is 0.0750. The van der Waals surface area contributed by atoms with Crippen LogP contribution in [0.5, 0.6) is 11.5 Å². The molecule has 25 heavy (non-hydrogen) atoms. The Balaban J connectivity index is 1.88. The average molecular weight is 349 g/mol. The third kappa shape index (κ3) is 5.70. The van der Waals surface area contributed by atoms with Crippen LogP contribution < -0.4 is 9.47 Å². The molecule has 2 rings (SSSR count). The summed E-state index contributed by atoms with van der Waals surface area (Å²) in [6.45, 7) is 0.323. The van der Waals surface area contributed by atoms with Crippen molar-refractivity contribution in [2.24, 2.45) is 0 Å². The lowest BCUT2D eigenvalue weighted by molar-refractivity contribution is 0.0500. The summed E-state index contributed by atoms with van der Waals surface area (Å²) in [4.78, 5) is 1.86. The van der Waals surface area contributed by atoms with Crippen molar-refractivity contribution in [2.45, 2.75) is 12.1 Å². The zero-order valence-electron chi connectivity index (χ0n) is 14.4. The van der Waals surface area contributed by atoms with Gasteiger partial charge in [0.1, 0.15) is 30.0 Å². The highest BCUT2D eigenvalue weighted by Crippen LogP contribution is 2.22. The normalized spacial score (nSPS) is 13.5. The van der Waals surface area contributed by atoms with Gasteiger partial charge < -0.3 is 19.7 Å². The number of aliphatic hydroxyl groups is 2. The van der Waals surface area contributed by atoms with E-state index in [1.807, 2.05) is 36.2 Å². The zero-order chi connectivity index (χ0) is 18.2. The Morgan fingerprint density at radius 2 is 1.64 bits per heavy atom. The molecule has 0 saturated carbocycles. The largest absolute Gasteiger partial charge is 0.497 e. The summed E-state index contributed by atoms with van der Waals surface area (Å²) in [6.07, 6.45) is -0.748. The fraction of sp³-hybridized carbons (Fsp3) is 0.368. The first-order valence-corrected chi connectivity index (χ1v) is 8.05. The number of methoxy groups -OCH3 is 1. The number of nitrogens with zero attached hydrogens (tertiary/aromatic N) is 1. The van der Waals surface area contributed by atoms with Crippen LogP contribution >= 0.6 is 0 Å². The van der Waals surface area contributed by atoms with Gasteiger partial charge in [0.2, 0.25) is 0 Å². The van der Waals surface area contributed by atoms with E-state index in [2.05, 4.69) is 0 Å². The molecule has 0 spiro atoms. The van der Waals surface area contributed by atoms with Gasteiger partial charge in [-0.2, -0.15) is 0 Å². The number of benzene rings is 2. The number of halogens is 1. The van der Waals surface area contributed by atoms with Crippen molar-refractivity contribution in [3.63, 3.8) is 0 Å². The average Bonchev–Trinajstić information content (AvgIpc) is 2.62. The molecular formula is C19H24FNO4. The first-order chi connectivity index (χ1) is 12.0. The highest BCUT2D eigenvalue weighted by Gasteiger charge is 2.19. The molecule has 2 aromatic carbocycles. The molecular weight excluding hydrogens is 325 g/mol. The van der Waals surface area contributed by atoms with Crippen LogP contribution in [-0.4, -0.2) is 55.1 Å². The number of hydrogen-bond donors (Lipinski definition) is 2. The number of aliphatic hydroxyl groups excluding tert-OH is 2. The molecule has 0 radical (unpaired) electrons. The summed E-state index contributed by atoms with van der Waals surface area (Å²) >= 11 is 0. The molecule has 0 fully saturated rings. The molecule has 0 aliphatic rings. The van der Waals surface area contributed by atoms with Crippen molar-refractivity contribution in [2.75, 3.05) is 33.9 Å². The molecule has 2 aromatic rings. The van der Waals surface area contributed by atoms with Gasteiger partial charge in [0.25, 0.3) is 0 Å². The van der Waals surface area contributed by atoms with Gasteiger partial charge in [-0.25, -0.2) is 4.39 Å². The van der Waals surface area contributed by atoms with Crippen LogP contribution in [0.2, 0.25) is 0 Å². The molecule has 2 N–H and O–H groups in total. The summed E-state index contributed by atoms with van der Waals surface area (Å²) in [5.74, 6) is 0.908. The molecule has 0 heterocycles. The second-order valence-electron chi connectivity index (χ2n) is 5.83.